The number of hydrogen-bond acceptors (Lipinski definition) is 3. The first-order valence-corrected chi connectivity index (χ1v) is 5.50. The lowest BCUT2D eigenvalue weighted by Crippen LogP contribution is -2.05. The van der Waals surface area contributed by atoms with Gasteiger partial charge < -0.3 is 5.32 Å². The van der Waals surface area contributed by atoms with Gasteiger partial charge in [0.1, 0.15) is 6.33 Å². The molecule has 88 valence electrons. The van der Waals surface area contributed by atoms with Crippen molar-refractivity contribution in [1.82, 2.24) is 9.97 Å². The molecule has 0 radical (unpaired) electrons. The second-order valence-electron chi connectivity index (χ2n) is 3.61. The molecule has 0 amide bonds. The summed E-state index contributed by atoms with van der Waals surface area (Å²) in [6.45, 7) is 2.06. The molecule has 0 spiro atoms. The molecule has 1 heterocycles. The molecular formula is C12H11ClFN3. The first kappa shape index (κ1) is 11.8. The fourth-order valence-corrected chi connectivity index (χ4v) is 1.63. The van der Waals surface area contributed by atoms with Gasteiger partial charge in [-0.15, -0.1) is 0 Å². The van der Waals surface area contributed by atoms with Crippen molar-refractivity contribution < 1.29 is 4.39 Å². The normalized spacial score (nSPS) is 10.3. The Hall–Kier alpha value is -1.68. The van der Waals surface area contributed by atoms with E-state index in [9.17, 15) is 4.39 Å². The molecule has 3 nitrogen and oxygen atoms in total. The predicted molar refractivity (Wildman–Crippen MR) is 65.5 cm³/mol. The van der Waals surface area contributed by atoms with Gasteiger partial charge in [-0.3, -0.25) is 0 Å². The Morgan fingerprint density at radius 3 is 2.94 bits per heavy atom. The van der Waals surface area contributed by atoms with Crippen molar-refractivity contribution in [3.05, 3.63) is 52.7 Å². The van der Waals surface area contributed by atoms with Crippen LogP contribution in [0.5, 0.6) is 0 Å². The van der Waals surface area contributed by atoms with Crippen LogP contribution in [-0.2, 0) is 6.54 Å². The summed E-state index contributed by atoms with van der Waals surface area (Å²) < 4.78 is 13.6. The average molecular weight is 252 g/mol. The highest BCUT2D eigenvalue weighted by Gasteiger charge is 2.06. The minimum absolute atomic E-state index is 0.206. The van der Waals surface area contributed by atoms with E-state index in [1.807, 2.05) is 18.2 Å². The predicted octanol–water partition coefficient (Wildman–Crippen LogP) is 3.19. The monoisotopic (exact) mass is 251 g/mol. The highest BCUT2D eigenvalue weighted by Crippen LogP contribution is 2.15. The summed E-state index contributed by atoms with van der Waals surface area (Å²) in [4.78, 5) is 7.61. The van der Waals surface area contributed by atoms with E-state index in [2.05, 4.69) is 15.3 Å². The number of halogens is 2. The maximum absolute atomic E-state index is 13.6. The SMILES string of the molecule is Cc1ncnc(NCc2cccc(Cl)c2)c1F. The molecule has 2 rings (SSSR count). The van der Waals surface area contributed by atoms with Crippen LogP contribution in [0, 0.1) is 12.7 Å². The highest BCUT2D eigenvalue weighted by molar-refractivity contribution is 6.30. The first-order valence-electron chi connectivity index (χ1n) is 5.12. The number of rotatable bonds is 3. The third-order valence-electron chi connectivity index (χ3n) is 2.31. The molecule has 1 aromatic carbocycles. The smallest absolute Gasteiger partial charge is 0.186 e. The van der Waals surface area contributed by atoms with Crippen molar-refractivity contribution in [1.29, 1.82) is 0 Å². The molecule has 2 aromatic rings. The van der Waals surface area contributed by atoms with Crippen LogP contribution in [0.4, 0.5) is 10.2 Å². The molecule has 0 atom stereocenters. The van der Waals surface area contributed by atoms with Crippen molar-refractivity contribution in [3.8, 4) is 0 Å². The number of anilines is 1. The molecule has 17 heavy (non-hydrogen) atoms. The zero-order chi connectivity index (χ0) is 12.3. The van der Waals surface area contributed by atoms with E-state index in [0.717, 1.165) is 5.56 Å². The van der Waals surface area contributed by atoms with Gasteiger partial charge in [0.15, 0.2) is 11.6 Å². The number of hydrogen-bond donors (Lipinski definition) is 1. The van der Waals surface area contributed by atoms with Crippen molar-refractivity contribution in [3.63, 3.8) is 0 Å². The lowest BCUT2D eigenvalue weighted by Gasteiger charge is -2.07. The topological polar surface area (TPSA) is 37.8 Å². The van der Waals surface area contributed by atoms with Crippen LogP contribution >= 0.6 is 11.6 Å². The van der Waals surface area contributed by atoms with Gasteiger partial charge in [-0.25, -0.2) is 14.4 Å². The van der Waals surface area contributed by atoms with E-state index in [0.29, 0.717) is 17.3 Å². The first-order chi connectivity index (χ1) is 8.16. The Labute approximate surface area is 104 Å². The van der Waals surface area contributed by atoms with E-state index >= 15 is 0 Å². The minimum Gasteiger partial charge on any atom is -0.363 e. The molecule has 0 aliphatic heterocycles. The highest BCUT2D eigenvalue weighted by atomic mass is 35.5. The molecular weight excluding hydrogens is 241 g/mol. The molecule has 0 aliphatic rings. The van der Waals surface area contributed by atoms with Crippen molar-refractivity contribution in [2.24, 2.45) is 0 Å². The summed E-state index contributed by atoms with van der Waals surface area (Å²) in [5.41, 5.74) is 1.29. The number of aryl methyl sites for hydroxylation is 1. The van der Waals surface area contributed by atoms with Crippen LogP contribution in [0.1, 0.15) is 11.3 Å². The number of nitrogens with zero attached hydrogens (tertiary/aromatic N) is 2. The maximum atomic E-state index is 13.6. The molecule has 0 unspecified atom stereocenters. The fourth-order valence-electron chi connectivity index (χ4n) is 1.41. The van der Waals surface area contributed by atoms with Crippen LogP contribution < -0.4 is 5.32 Å². The van der Waals surface area contributed by atoms with E-state index < -0.39 is 5.82 Å². The van der Waals surface area contributed by atoms with Crippen molar-refractivity contribution in [2.75, 3.05) is 5.32 Å². The van der Waals surface area contributed by atoms with Crippen molar-refractivity contribution >= 4 is 17.4 Å². The summed E-state index contributed by atoms with van der Waals surface area (Å²) in [6, 6.07) is 7.37. The summed E-state index contributed by atoms with van der Waals surface area (Å²) in [5.74, 6) is -0.216. The van der Waals surface area contributed by atoms with Crippen LogP contribution in [0.2, 0.25) is 5.02 Å². The number of nitrogens with one attached hydrogen (secondary N) is 1. The molecule has 1 aromatic heterocycles. The lowest BCUT2D eigenvalue weighted by atomic mass is 10.2. The second-order valence-corrected chi connectivity index (χ2v) is 4.04. The summed E-state index contributed by atoms with van der Waals surface area (Å²) >= 11 is 5.86. The zero-order valence-electron chi connectivity index (χ0n) is 9.24. The van der Waals surface area contributed by atoms with Crippen LogP contribution in [0.15, 0.2) is 30.6 Å². The molecule has 0 saturated heterocycles. The van der Waals surface area contributed by atoms with Crippen LogP contribution in [0.25, 0.3) is 0 Å². The zero-order valence-corrected chi connectivity index (χ0v) is 10.0. The maximum Gasteiger partial charge on any atom is 0.186 e. The fraction of sp³-hybridized carbons (Fsp3) is 0.167. The Kier molecular flexibility index (Phi) is 3.54. The third-order valence-corrected chi connectivity index (χ3v) is 2.55. The van der Waals surface area contributed by atoms with E-state index in [4.69, 9.17) is 11.6 Å². The standard InChI is InChI=1S/C12H11ClFN3/c1-8-11(14)12(17-7-16-8)15-6-9-3-2-4-10(13)5-9/h2-5,7H,6H2,1H3,(H,15,16,17). The number of aromatic nitrogens is 2. The molecule has 1 N–H and O–H groups in total. The summed E-state index contributed by atoms with van der Waals surface area (Å²) in [5, 5.41) is 3.57. The van der Waals surface area contributed by atoms with Crippen LogP contribution in [0.3, 0.4) is 0 Å². The molecule has 5 heteroatoms. The van der Waals surface area contributed by atoms with Gasteiger partial charge in [-0.1, -0.05) is 23.7 Å². The van der Waals surface area contributed by atoms with Gasteiger partial charge in [0.05, 0.1) is 5.69 Å². The number of benzene rings is 1. The largest absolute Gasteiger partial charge is 0.363 e. The van der Waals surface area contributed by atoms with E-state index in [-0.39, 0.29) is 5.82 Å². The van der Waals surface area contributed by atoms with Gasteiger partial charge >= 0.3 is 0 Å². The molecule has 0 fully saturated rings. The average Bonchev–Trinajstić information content (AvgIpc) is 2.31. The van der Waals surface area contributed by atoms with Crippen molar-refractivity contribution in [2.45, 2.75) is 13.5 Å². The third kappa shape index (κ3) is 2.91. The van der Waals surface area contributed by atoms with Gasteiger partial charge in [-0.2, -0.15) is 0 Å². The van der Waals surface area contributed by atoms with E-state index in [1.54, 1.807) is 13.0 Å². The molecule has 0 bridgehead atoms. The minimum atomic E-state index is -0.422. The molecule has 0 saturated carbocycles. The Balaban J connectivity index is 2.10. The Bertz CT molecular complexity index is 531. The van der Waals surface area contributed by atoms with Crippen LogP contribution in [-0.4, -0.2) is 9.97 Å². The van der Waals surface area contributed by atoms with Gasteiger partial charge in [0.2, 0.25) is 0 Å². The lowest BCUT2D eigenvalue weighted by molar-refractivity contribution is 0.604. The quantitative estimate of drug-likeness (QED) is 0.910. The second kappa shape index (κ2) is 5.10. The van der Waals surface area contributed by atoms with E-state index in [1.165, 1.54) is 6.33 Å². The van der Waals surface area contributed by atoms with Gasteiger partial charge in [-0.05, 0) is 24.6 Å². The summed E-state index contributed by atoms with van der Waals surface area (Å²) in [6.07, 6.45) is 1.33. The Morgan fingerprint density at radius 1 is 1.35 bits per heavy atom. The summed E-state index contributed by atoms with van der Waals surface area (Å²) in [7, 11) is 0. The van der Waals surface area contributed by atoms with Gasteiger partial charge in [0.25, 0.3) is 0 Å². The molecule has 0 aliphatic carbocycles. The van der Waals surface area contributed by atoms with Gasteiger partial charge in [0, 0.05) is 11.6 Å². The Morgan fingerprint density at radius 2 is 2.18 bits per heavy atom.